The van der Waals surface area contributed by atoms with Crippen molar-refractivity contribution < 1.29 is 8.42 Å². The minimum Gasteiger partial charge on any atom is -0.370 e. The molecule has 0 aliphatic heterocycles. The number of anilines is 1. The molecule has 25 heavy (non-hydrogen) atoms. The second kappa shape index (κ2) is 8.49. The van der Waals surface area contributed by atoms with E-state index in [0.29, 0.717) is 5.92 Å². The summed E-state index contributed by atoms with van der Waals surface area (Å²) >= 11 is 3.29. The number of hydrogen-bond acceptors (Lipinski definition) is 3. The molecule has 0 aliphatic rings. The highest BCUT2D eigenvalue weighted by molar-refractivity contribution is 9.10. The van der Waals surface area contributed by atoms with Gasteiger partial charge in [-0.1, -0.05) is 41.9 Å². The Balaban J connectivity index is 1.97. The van der Waals surface area contributed by atoms with E-state index in [1.807, 2.05) is 24.3 Å². The summed E-state index contributed by atoms with van der Waals surface area (Å²) in [5.74, 6) is 0.520. The smallest absolute Gasteiger partial charge is 0.193 e. The van der Waals surface area contributed by atoms with Crippen molar-refractivity contribution in [3.63, 3.8) is 0 Å². The van der Waals surface area contributed by atoms with Gasteiger partial charge in [0.05, 0.1) is 17.2 Å². The number of rotatable bonds is 6. The van der Waals surface area contributed by atoms with Crippen molar-refractivity contribution in [2.75, 3.05) is 17.6 Å². The first-order valence-electron chi connectivity index (χ1n) is 7.93. The molecule has 0 amide bonds. The van der Waals surface area contributed by atoms with Gasteiger partial charge in [-0.15, -0.1) is 0 Å². The summed E-state index contributed by atoms with van der Waals surface area (Å²) in [5.41, 5.74) is 7.88. The molecule has 7 heteroatoms. The number of aliphatic imine (C=N–C) groups is 1. The number of hydrogen-bond donors (Lipinski definition) is 2. The number of nitrogens with one attached hydrogen (secondary N) is 1. The fraction of sp³-hybridized carbons (Fsp3) is 0.278. The van der Waals surface area contributed by atoms with Gasteiger partial charge in [-0.05, 0) is 47.9 Å². The van der Waals surface area contributed by atoms with Gasteiger partial charge in [0.2, 0.25) is 0 Å². The average Bonchev–Trinajstić information content (AvgIpc) is 2.55. The molecular weight excluding hydrogens is 402 g/mol. The predicted octanol–water partition coefficient (Wildman–Crippen LogP) is 3.77. The predicted molar refractivity (Wildman–Crippen MR) is 107 cm³/mol. The van der Waals surface area contributed by atoms with E-state index in [2.05, 4.69) is 40.1 Å². The lowest BCUT2D eigenvalue weighted by Crippen LogP contribution is -2.24. The van der Waals surface area contributed by atoms with Crippen LogP contribution in [0.3, 0.4) is 0 Å². The molecule has 0 unspecified atom stereocenters. The second-order valence-electron chi connectivity index (χ2n) is 5.94. The van der Waals surface area contributed by atoms with Gasteiger partial charge in [-0.3, -0.25) is 4.99 Å². The molecule has 5 nitrogen and oxygen atoms in total. The molecular formula is C18H22BrN3O2S. The Hall–Kier alpha value is -1.86. The van der Waals surface area contributed by atoms with Crippen LogP contribution in [0, 0.1) is 0 Å². The number of benzene rings is 2. The summed E-state index contributed by atoms with van der Waals surface area (Å²) in [7, 11) is -3.37. The van der Waals surface area contributed by atoms with Crippen molar-refractivity contribution >= 4 is 37.4 Å². The number of sulfone groups is 1. The first-order valence-corrected chi connectivity index (χ1v) is 10.4. The topological polar surface area (TPSA) is 84.5 Å². The molecule has 0 radical (unpaired) electrons. The summed E-state index contributed by atoms with van der Waals surface area (Å²) < 4.78 is 25.3. The highest BCUT2D eigenvalue weighted by Gasteiger charge is 2.13. The first kappa shape index (κ1) is 19.5. The van der Waals surface area contributed by atoms with Gasteiger partial charge >= 0.3 is 0 Å². The highest BCUT2D eigenvalue weighted by Crippen LogP contribution is 2.18. The lowest BCUT2D eigenvalue weighted by Gasteiger charge is -2.10. The zero-order valence-electron chi connectivity index (χ0n) is 14.2. The Morgan fingerprint density at radius 2 is 1.88 bits per heavy atom. The number of nitrogens with zero attached hydrogens (tertiary/aromatic N) is 1. The average molecular weight is 424 g/mol. The monoisotopic (exact) mass is 423 g/mol. The Bertz CT molecular complexity index is 847. The van der Waals surface area contributed by atoms with Crippen molar-refractivity contribution in [1.82, 2.24) is 0 Å². The van der Waals surface area contributed by atoms with Crippen LogP contribution in [0.2, 0.25) is 0 Å². The van der Waals surface area contributed by atoms with Crippen molar-refractivity contribution in [3.8, 4) is 0 Å². The molecule has 134 valence electrons. The molecule has 2 aromatic carbocycles. The SMILES string of the molecule is CC(C)c1cccc(NC(N)=NCCS(=O)(=O)c2ccc(Br)cc2)c1. The molecule has 2 rings (SSSR count). The third-order valence-corrected chi connectivity index (χ3v) is 5.88. The van der Waals surface area contributed by atoms with E-state index in [1.54, 1.807) is 24.3 Å². The van der Waals surface area contributed by atoms with Crippen LogP contribution in [0.1, 0.15) is 25.3 Å². The van der Waals surface area contributed by atoms with Gasteiger partial charge < -0.3 is 11.1 Å². The van der Waals surface area contributed by atoms with Crippen LogP contribution in [-0.4, -0.2) is 26.7 Å². The quantitative estimate of drug-likeness (QED) is 0.546. The second-order valence-corrected chi connectivity index (χ2v) is 8.97. The minimum absolute atomic E-state index is 0.0942. The zero-order valence-corrected chi connectivity index (χ0v) is 16.6. The van der Waals surface area contributed by atoms with E-state index >= 15 is 0 Å². The molecule has 0 saturated carbocycles. The van der Waals surface area contributed by atoms with Crippen LogP contribution in [0.4, 0.5) is 5.69 Å². The molecule has 0 aromatic heterocycles. The Kier molecular flexibility index (Phi) is 6.61. The number of halogens is 1. The summed E-state index contributed by atoms with van der Waals surface area (Å²) in [5, 5.41) is 3.00. The largest absolute Gasteiger partial charge is 0.370 e. The Morgan fingerprint density at radius 3 is 2.52 bits per heavy atom. The third kappa shape index (κ3) is 5.86. The highest BCUT2D eigenvalue weighted by atomic mass is 79.9. The summed E-state index contributed by atoms with van der Waals surface area (Å²) in [6.07, 6.45) is 0. The van der Waals surface area contributed by atoms with Crippen molar-refractivity contribution in [3.05, 3.63) is 58.6 Å². The lowest BCUT2D eigenvalue weighted by atomic mass is 10.0. The van der Waals surface area contributed by atoms with Gasteiger partial charge in [-0.2, -0.15) is 0 Å². The van der Waals surface area contributed by atoms with E-state index in [4.69, 9.17) is 5.73 Å². The zero-order chi connectivity index (χ0) is 18.4. The van der Waals surface area contributed by atoms with Gasteiger partial charge in [0.25, 0.3) is 0 Å². The maximum Gasteiger partial charge on any atom is 0.193 e. The van der Waals surface area contributed by atoms with Gasteiger partial charge in [0.15, 0.2) is 15.8 Å². The molecule has 0 heterocycles. The van der Waals surface area contributed by atoms with Gasteiger partial charge in [0, 0.05) is 10.2 Å². The molecule has 0 spiro atoms. The summed E-state index contributed by atoms with van der Waals surface area (Å²) in [4.78, 5) is 4.40. The van der Waals surface area contributed by atoms with Crippen LogP contribution in [0.5, 0.6) is 0 Å². The van der Waals surface area contributed by atoms with Gasteiger partial charge in [0.1, 0.15) is 0 Å². The van der Waals surface area contributed by atoms with Crippen molar-refractivity contribution in [2.24, 2.45) is 10.7 Å². The maximum atomic E-state index is 12.3. The standard InChI is InChI=1S/C18H22BrN3O2S/c1-13(2)14-4-3-5-16(12-14)22-18(20)21-10-11-25(23,24)17-8-6-15(19)7-9-17/h3-9,12-13H,10-11H2,1-2H3,(H3,20,21,22). The maximum absolute atomic E-state index is 12.3. The molecule has 0 aliphatic carbocycles. The molecule has 3 N–H and O–H groups in total. The van der Waals surface area contributed by atoms with E-state index in [9.17, 15) is 8.42 Å². The van der Waals surface area contributed by atoms with E-state index in [0.717, 1.165) is 10.2 Å². The molecule has 0 atom stereocenters. The number of nitrogens with two attached hydrogens (primary N) is 1. The normalized spacial score (nSPS) is 12.4. The molecule has 0 fully saturated rings. The fourth-order valence-corrected chi connectivity index (χ4v) is 3.59. The van der Waals surface area contributed by atoms with Crippen LogP contribution in [0.15, 0.2) is 62.9 Å². The van der Waals surface area contributed by atoms with E-state index in [-0.39, 0.29) is 23.2 Å². The van der Waals surface area contributed by atoms with E-state index in [1.165, 1.54) is 5.56 Å². The number of guanidine groups is 1. The summed E-state index contributed by atoms with van der Waals surface area (Å²) in [6.45, 7) is 4.33. The van der Waals surface area contributed by atoms with Gasteiger partial charge in [-0.25, -0.2) is 8.42 Å². The molecule has 0 saturated heterocycles. The van der Waals surface area contributed by atoms with Crippen LogP contribution in [0.25, 0.3) is 0 Å². The minimum atomic E-state index is -3.37. The van der Waals surface area contributed by atoms with Crippen LogP contribution < -0.4 is 11.1 Å². The van der Waals surface area contributed by atoms with Crippen LogP contribution in [-0.2, 0) is 9.84 Å². The van der Waals surface area contributed by atoms with Crippen LogP contribution >= 0.6 is 15.9 Å². The fourth-order valence-electron chi connectivity index (χ4n) is 2.21. The first-order chi connectivity index (χ1) is 11.8. The molecule has 0 bridgehead atoms. The van der Waals surface area contributed by atoms with Crippen molar-refractivity contribution in [1.29, 1.82) is 0 Å². The Labute approximate surface area is 157 Å². The van der Waals surface area contributed by atoms with Crippen molar-refractivity contribution in [2.45, 2.75) is 24.7 Å². The Morgan fingerprint density at radius 1 is 1.20 bits per heavy atom. The van der Waals surface area contributed by atoms with E-state index < -0.39 is 9.84 Å². The molecule has 2 aromatic rings. The summed E-state index contributed by atoms with van der Waals surface area (Å²) in [6, 6.07) is 14.4. The third-order valence-electron chi connectivity index (χ3n) is 3.64. The lowest BCUT2D eigenvalue weighted by molar-refractivity contribution is 0.596.